The van der Waals surface area contributed by atoms with E-state index in [1.165, 1.54) is 35.0 Å². The number of carbonyl (C=O) groups is 1. The molecule has 1 heterocycles. The van der Waals surface area contributed by atoms with Gasteiger partial charge in [-0.1, -0.05) is 31.5 Å². The van der Waals surface area contributed by atoms with Crippen LogP contribution in [0.4, 0.5) is 8.78 Å². The molecule has 1 fully saturated rings. The summed E-state index contributed by atoms with van der Waals surface area (Å²) in [6, 6.07) is 6.17. The van der Waals surface area contributed by atoms with Crippen LogP contribution in [0.15, 0.2) is 29.4 Å². The van der Waals surface area contributed by atoms with E-state index in [1.54, 1.807) is 12.1 Å². The van der Waals surface area contributed by atoms with Crippen LogP contribution in [0.3, 0.4) is 0 Å². The fraction of sp³-hybridized carbons (Fsp3) is 0.500. The zero-order valence-corrected chi connectivity index (χ0v) is 16.3. The van der Waals surface area contributed by atoms with E-state index >= 15 is 0 Å². The van der Waals surface area contributed by atoms with Crippen LogP contribution in [0.25, 0.3) is 11.4 Å². The number of hydrogen-bond donors (Lipinski definition) is 2. The van der Waals surface area contributed by atoms with Gasteiger partial charge >= 0.3 is 6.61 Å². The van der Waals surface area contributed by atoms with Crippen molar-refractivity contribution < 1.29 is 18.3 Å². The zero-order valence-electron chi connectivity index (χ0n) is 15.5. The van der Waals surface area contributed by atoms with Gasteiger partial charge in [-0.25, -0.2) is 4.68 Å². The van der Waals surface area contributed by atoms with Gasteiger partial charge in [0.15, 0.2) is 5.82 Å². The van der Waals surface area contributed by atoms with Gasteiger partial charge in [-0.2, -0.15) is 8.78 Å². The molecule has 1 amide bonds. The molecule has 0 saturated heterocycles. The van der Waals surface area contributed by atoms with Crippen molar-refractivity contribution in [2.24, 2.45) is 5.92 Å². The van der Waals surface area contributed by atoms with Crippen molar-refractivity contribution in [1.82, 2.24) is 20.2 Å². The normalized spacial score (nSPS) is 19.6. The van der Waals surface area contributed by atoms with Gasteiger partial charge in [-0.05, 0) is 43.0 Å². The lowest BCUT2D eigenvalue weighted by atomic mass is 9.86. The van der Waals surface area contributed by atoms with Gasteiger partial charge in [0, 0.05) is 11.6 Å². The van der Waals surface area contributed by atoms with Crippen molar-refractivity contribution in [3.8, 4) is 17.1 Å². The Morgan fingerprint density at radius 1 is 1.32 bits per heavy atom. The van der Waals surface area contributed by atoms with Gasteiger partial charge < -0.3 is 15.9 Å². The second-order valence-electron chi connectivity index (χ2n) is 6.80. The van der Waals surface area contributed by atoms with Gasteiger partial charge in [0.2, 0.25) is 11.1 Å². The first-order valence-electron chi connectivity index (χ1n) is 9.12. The minimum Gasteiger partial charge on any atom is -0.435 e. The monoisotopic (exact) mass is 411 g/mol. The maximum absolute atomic E-state index is 12.2. The molecule has 0 aliphatic heterocycles. The Labute approximate surface area is 166 Å². The molecule has 1 aromatic carbocycles. The maximum Gasteiger partial charge on any atom is 0.387 e. The smallest absolute Gasteiger partial charge is 0.387 e. The number of hydrogen-bond acceptors (Lipinski definition) is 6. The minimum absolute atomic E-state index is 0.0463. The highest BCUT2D eigenvalue weighted by Crippen LogP contribution is 2.26. The first-order valence-corrected chi connectivity index (χ1v) is 10.1. The predicted molar refractivity (Wildman–Crippen MR) is 103 cm³/mol. The number of ether oxygens (including phenoxy) is 1. The van der Waals surface area contributed by atoms with Gasteiger partial charge in [-0.3, -0.25) is 4.79 Å². The molecule has 0 bridgehead atoms. The molecule has 152 valence electrons. The molecular formula is C18H23F2N5O2S. The fourth-order valence-corrected chi connectivity index (χ4v) is 3.93. The number of amides is 1. The lowest BCUT2D eigenvalue weighted by molar-refractivity contribution is -0.119. The molecule has 2 atom stereocenters. The number of thioether (sulfide) groups is 1. The van der Waals surface area contributed by atoms with Crippen LogP contribution in [-0.2, 0) is 4.79 Å². The summed E-state index contributed by atoms with van der Waals surface area (Å²) in [5, 5.41) is 11.5. The third-order valence-corrected chi connectivity index (χ3v) is 5.74. The Balaban J connectivity index is 1.57. The quantitative estimate of drug-likeness (QED) is 0.537. The number of nitrogens with one attached hydrogen (secondary N) is 1. The van der Waals surface area contributed by atoms with Crippen molar-refractivity contribution in [2.45, 2.75) is 50.4 Å². The summed E-state index contributed by atoms with van der Waals surface area (Å²) < 4.78 is 30.1. The Kier molecular flexibility index (Phi) is 6.71. The lowest BCUT2D eigenvalue weighted by Crippen LogP contribution is -2.41. The Morgan fingerprint density at radius 2 is 2.04 bits per heavy atom. The molecule has 10 heteroatoms. The molecule has 1 aliphatic carbocycles. The van der Waals surface area contributed by atoms with Crippen molar-refractivity contribution >= 4 is 17.7 Å². The molecule has 2 aromatic rings. The van der Waals surface area contributed by atoms with Crippen LogP contribution >= 0.6 is 11.8 Å². The van der Waals surface area contributed by atoms with Gasteiger partial charge in [0.05, 0.1) is 5.75 Å². The Morgan fingerprint density at radius 3 is 2.71 bits per heavy atom. The summed E-state index contributed by atoms with van der Waals surface area (Å²) in [4.78, 5) is 12.2. The number of alkyl halides is 2. The van der Waals surface area contributed by atoms with E-state index in [0.717, 1.165) is 19.3 Å². The molecule has 3 N–H and O–H groups in total. The summed E-state index contributed by atoms with van der Waals surface area (Å²) in [6.45, 7) is -0.716. The number of nitrogens with two attached hydrogens (primary N) is 1. The van der Waals surface area contributed by atoms with E-state index in [0.29, 0.717) is 22.5 Å². The summed E-state index contributed by atoms with van der Waals surface area (Å²) in [5.74, 6) is 7.08. The molecule has 28 heavy (non-hydrogen) atoms. The molecular weight excluding hydrogens is 388 g/mol. The van der Waals surface area contributed by atoms with Crippen LogP contribution < -0.4 is 15.9 Å². The van der Waals surface area contributed by atoms with Crippen molar-refractivity contribution in [3.05, 3.63) is 24.3 Å². The molecule has 0 spiro atoms. The average Bonchev–Trinajstić information content (AvgIpc) is 3.03. The van der Waals surface area contributed by atoms with Gasteiger partial charge in [0.1, 0.15) is 5.75 Å². The van der Waals surface area contributed by atoms with E-state index < -0.39 is 6.61 Å². The Hall–Kier alpha value is -2.36. The molecule has 7 nitrogen and oxygen atoms in total. The van der Waals surface area contributed by atoms with E-state index in [-0.39, 0.29) is 23.5 Å². The maximum atomic E-state index is 12.2. The number of rotatable bonds is 7. The SMILES string of the molecule is CC1CCCCC1NC(=O)CSc1nnc(-c2ccc(OC(F)F)cc2)n1N. The Bertz CT molecular complexity index is 800. The number of nitrogens with zero attached hydrogens (tertiary/aromatic N) is 3. The number of carbonyl (C=O) groups excluding carboxylic acids is 1. The van der Waals surface area contributed by atoms with E-state index in [2.05, 4.69) is 27.2 Å². The summed E-state index contributed by atoms with van der Waals surface area (Å²) in [5.41, 5.74) is 0.601. The molecule has 1 aliphatic rings. The first-order chi connectivity index (χ1) is 13.4. The van der Waals surface area contributed by atoms with Gasteiger partial charge in [0.25, 0.3) is 0 Å². The summed E-state index contributed by atoms with van der Waals surface area (Å²) >= 11 is 1.20. The topological polar surface area (TPSA) is 95.1 Å². The summed E-state index contributed by atoms with van der Waals surface area (Å²) in [6.07, 6.45) is 4.51. The third-order valence-electron chi connectivity index (χ3n) is 4.79. The second-order valence-corrected chi connectivity index (χ2v) is 7.75. The minimum atomic E-state index is -2.88. The van der Waals surface area contributed by atoms with Crippen LogP contribution in [0.5, 0.6) is 5.75 Å². The first kappa shape index (κ1) is 20.4. The number of aromatic nitrogens is 3. The van der Waals surface area contributed by atoms with Crippen LogP contribution in [0.1, 0.15) is 32.6 Å². The number of halogens is 2. The molecule has 0 radical (unpaired) electrons. The molecule has 3 rings (SSSR count). The van der Waals surface area contributed by atoms with Crippen molar-refractivity contribution in [3.63, 3.8) is 0 Å². The van der Waals surface area contributed by atoms with Gasteiger partial charge in [-0.15, -0.1) is 10.2 Å². The molecule has 2 unspecified atom stereocenters. The number of benzene rings is 1. The largest absolute Gasteiger partial charge is 0.435 e. The van der Waals surface area contributed by atoms with Crippen molar-refractivity contribution in [2.75, 3.05) is 11.6 Å². The van der Waals surface area contributed by atoms with E-state index in [9.17, 15) is 13.6 Å². The standard InChI is InChI=1S/C18H23F2N5O2S/c1-11-4-2-3-5-14(11)22-15(26)10-28-18-24-23-16(25(18)21)12-6-8-13(9-7-12)27-17(19)20/h6-9,11,14,17H,2-5,10,21H2,1H3,(H,22,26). The fourth-order valence-electron chi connectivity index (χ4n) is 3.27. The zero-order chi connectivity index (χ0) is 20.1. The van der Waals surface area contributed by atoms with E-state index in [1.807, 2.05) is 0 Å². The highest BCUT2D eigenvalue weighted by Gasteiger charge is 2.23. The van der Waals surface area contributed by atoms with E-state index in [4.69, 9.17) is 5.84 Å². The third kappa shape index (κ3) is 5.12. The highest BCUT2D eigenvalue weighted by atomic mass is 32.2. The van der Waals surface area contributed by atoms with Crippen molar-refractivity contribution in [1.29, 1.82) is 0 Å². The second kappa shape index (κ2) is 9.22. The van der Waals surface area contributed by atoms with Crippen LogP contribution in [0, 0.1) is 5.92 Å². The van der Waals surface area contributed by atoms with Crippen LogP contribution in [0.2, 0.25) is 0 Å². The lowest BCUT2D eigenvalue weighted by Gasteiger charge is -2.29. The highest BCUT2D eigenvalue weighted by molar-refractivity contribution is 7.99. The average molecular weight is 411 g/mol. The molecule has 1 aromatic heterocycles. The van der Waals surface area contributed by atoms with Crippen LogP contribution in [-0.4, -0.2) is 39.2 Å². The molecule has 1 saturated carbocycles. The number of nitrogen functional groups attached to an aromatic ring is 1. The predicted octanol–water partition coefficient (Wildman–Crippen LogP) is 3.05. The summed E-state index contributed by atoms with van der Waals surface area (Å²) in [7, 11) is 0.